The molecule has 1 aliphatic carbocycles. The van der Waals surface area contributed by atoms with Gasteiger partial charge in [0.15, 0.2) is 0 Å². The van der Waals surface area contributed by atoms with Crippen LogP contribution >= 0.6 is 11.6 Å². The predicted octanol–water partition coefficient (Wildman–Crippen LogP) is 4.07. The summed E-state index contributed by atoms with van der Waals surface area (Å²) in [5.74, 6) is 1.46. The zero-order chi connectivity index (χ0) is 13.0. The topological polar surface area (TPSA) is 18.5 Å². The van der Waals surface area contributed by atoms with Crippen molar-refractivity contribution in [3.63, 3.8) is 0 Å². The van der Waals surface area contributed by atoms with Crippen molar-refractivity contribution in [3.8, 4) is 5.75 Å². The van der Waals surface area contributed by atoms with Crippen LogP contribution in [0.5, 0.6) is 5.75 Å². The molecule has 0 N–H and O–H groups in total. The highest BCUT2D eigenvalue weighted by Crippen LogP contribution is 2.30. The van der Waals surface area contributed by atoms with Crippen LogP contribution in [0.3, 0.4) is 0 Å². The Labute approximate surface area is 114 Å². The van der Waals surface area contributed by atoms with Crippen LogP contribution in [0.1, 0.15) is 36.8 Å². The lowest BCUT2D eigenvalue weighted by molar-refractivity contribution is 0.0205. The smallest absolute Gasteiger partial charge is 0.127 e. The summed E-state index contributed by atoms with van der Waals surface area (Å²) in [5.41, 5.74) is 2.24. The third-order valence-electron chi connectivity index (χ3n) is 3.63. The summed E-state index contributed by atoms with van der Waals surface area (Å²) in [6, 6.07) is 6.13. The van der Waals surface area contributed by atoms with Crippen LogP contribution in [-0.2, 0) is 10.6 Å². The molecule has 1 aromatic carbocycles. The monoisotopic (exact) mass is 268 g/mol. The van der Waals surface area contributed by atoms with E-state index in [-0.39, 0.29) is 6.10 Å². The molecule has 1 fully saturated rings. The lowest BCUT2D eigenvalue weighted by atomic mass is 9.94. The molecule has 0 heterocycles. The fraction of sp³-hybridized carbons (Fsp3) is 0.600. The molecule has 2 rings (SSSR count). The fourth-order valence-corrected chi connectivity index (χ4v) is 2.79. The number of benzene rings is 1. The first-order valence-corrected chi connectivity index (χ1v) is 7.12. The highest BCUT2D eigenvalue weighted by atomic mass is 35.5. The van der Waals surface area contributed by atoms with Gasteiger partial charge in [0.2, 0.25) is 0 Å². The van der Waals surface area contributed by atoms with E-state index in [0.717, 1.165) is 36.1 Å². The Morgan fingerprint density at radius 3 is 2.78 bits per heavy atom. The molecular weight excluding hydrogens is 248 g/mol. The average molecular weight is 269 g/mol. The second kappa shape index (κ2) is 6.44. The third-order valence-corrected chi connectivity index (χ3v) is 3.92. The molecular formula is C15H21ClO2. The lowest BCUT2D eigenvalue weighted by Crippen LogP contribution is -2.29. The number of para-hydroxylation sites is 1. The molecule has 2 nitrogen and oxygen atoms in total. The zero-order valence-electron chi connectivity index (χ0n) is 11.1. The minimum Gasteiger partial charge on any atom is -0.490 e. The summed E-state index contributed by atoms with van der Waals surface area (Å²) >= 11 is 5.97. The average Bonchev–Trinajstić information content (AvgIpc) is 2.41. The number of alkyl halides is 1. The number of methoxy groups -OCH3 is 1. The van der Waals surface area contributed by atoms with Gasteiger partial charge >= 0.3 is 0 Å². The van der Waals surface area contributed by atoms with Crippen molar-refractivity contribution >= 4 is 11.6 Å². The minimum absolute atomic E-state index is 0.256. The van der Waals surface area contributed by atoms with Gasteiger partial charge in [-0.05, 0) is 31.7 Å². The number of hydrogen-bond donors (Lipinski definition) is 0. The molecule has 0 aromatic heterocycles. The Balaban J connectivity index is 2.09. The second-order valence-electron chi connectivity index (χ2n) is 4.96. The summed E-state index contributed by atoms with van der Waals surface area (Å²) in [5, 5.41) is 0. The van der Waals surface area contributed by atoms with Gasteiger partial charge in [0, 0.05) is 19.1 Å². The second-order valence-corrected chi connectivity index (χ2v) is 5.23. The predicted molar refractivity (Wildman–Crippen MR) is 74.4 cm³/mol. The fourth-order valence-electron chi connectivity index (χ4n) is 2.58. The zero-order valence-corrected chi connectivity index (χ0v) is 11.9. The Morgan fingerprint density at radius 1 is 1.28 bits per heavy atom. The summed E-state index contributed by atoms with van der Waals surface area (Å²) in [6.07, 6.45) is 5.00. The van der Waals surface area contributed by atoms with Crippen molar-refractivity contribution in [2.45, 2.75) is 50.7 Å². The van der Waals surface area contributed by atoms with E-state index in [2.05, 4.69) is 13.0 Å². The molecule has 0 radical (unpaired) electrons. The molecule has 0 aliphatic heterocycles. The number of aryl methyl sites for hydroxylation is 1. The minimum atomic E-state index is 0.256. The Bertz CT molecular complexity index is 392. The van der Waals surface area contributed by atoms with Crippen molar-refractivity contribution in [3.05, 3.63) is 29.3 Å². The quantitative estimate of drug-likeness (QED) is 0.767. The van der Waals surface area contributed by atoms with Crippen molar-refractivity contribution in [2.75, 3.05) is 7.11 Å². The standard InChI is InChI=1S/C15H21ClO2/c1-11-5-3-6-12(10-16)15(11)18-14-8-4-7-13(9-14)17-2/h3,5-6,13-14H,4,7-10H2,1-2H3. The van der Waals surface area contributed by atoms with Crippen LogP contribution in [0.2, 0.25) is 0 Å². The first-order chi connectivity index (χ1) is 8.74. The van der Waals surface area contributed by atoms with E-state index in [4.69, 9.17) is 21.1 Å². The third kappa shape index (κ3) is 3.18. The van der Waals surface area contributed by atoms with E-state index in [9.17, 15) is 0 Å². The van der Waals surface area contributed by atoms with Gasteiger partial charge in [0.25, 0.3) is 0 Å². The van der Waals surface area contributed by atoms with Gasteiger partial charge in [-0.2, -0.15) is 0 Å². The Kier molecular flexibility index (Phi) is 4.90. The first-order valence-electron chi connectivity index (χ1n) is 6.58. The maximum absolute atomic E-state index is 6.18. The molecule has 1 aromatic rings. The van der Waals surface area contributed by atoms with Gasteiger partial charge in [-0.15, -0.1) is 11.6 Å². The molecule has 2 atom stereocenters. The number of rotatable bonds is 4. The molecule has 0 amide bonds. The summed E-state index contributed by atoms with van der Waals surface area (Å²) in [6.45, 7) is 2.07. The maximum atomic E-state index is 6.18. The Morgan fingerprint density at radius 2 is 2.06 bits per heavy atom. The van der Waals surface area contributed by atoms with Crippen LogP contribution in [0, 0.1) is 6.92 Å². The van der Waals surface area contributed by atoms with Gasteiger partial charge in [-0.25, -0.2) is 0 Å². The van der Waals surface area contributed by atoms with Gasteiger partial charge < -0.3 is 9.47 Å². The molecule has 1 aliphatic rings. The van der Waals surface area contributed by atoms with Crippen LogP contribution in [0.4, 0.5) is 0 Å². The highest BCUT2D eigenvalue weighted by molar-refractivity contribution is 6.17. The van der Waals surface area contributed by atoms with Crippen molar-refractivity contribution in [1.82, 2.24) is 0 Å². The van der Waals surface area contributed by atoms with Gasteiger partial charge in [-0.3, -0.25) is 0 Å². The highest BCUT2D eigenvalue weighted by Gasteiger charge is 2.24. The molecule has 3 heteroatoms. The summed E-state index contributed by atoms with van der Waals surface area (Å²) in [7, 11) is 1.78. The van der Waals surface area contributed by atoms with E-state index in [1.54, 1.807) is 7.11 Å². The van der Waals surface area contributed by atoms with Crippen LogP contribution in [0.15, 0.2) is 18.2 Å². The van der Waals surface area contributed by atoms with Crippen LogP contribution < -0.4 is 4.74 Å². The normalized spacial score (nSPS) is 23.9. The molecule has 1 saturated carbocycles. The number of ether oxygens (including phenoxy) is 2. The largest absolute Gasteiger partial charge is 0.490 e. The summed E-state index contributed by atoms with van der Waals surface area (Å²) in [4.78, 5) is 0. The maximum Gasteiger partial charge on any atom is 0.127 e. The van der Waals surface area contributed by atoms with E-state index >= 15 is 0 Å². The van der Waals surface area contributed by atoms with Gasteiger partial charge in [-0.1, -0.05) is 18.2 Å². The Hall–Kier alpha value is -0.730. The van der Waals surface area contributed by atoms with Gasteiger partial charge in [0.1, 0.15) is 11.9 Å². The number of hydrogen-bond acceptors (Lipinski definition) is 2. The molecule has 2 unspecified atom stereocenters. The molecule has 18 heavy (non-hydrogen) atoms. The van der Waals surface area contributed by atoms with E-state index in [1.165, 1.54) is 6.42 Å². The van der Waals surface area contributed by atoms with Crippen molar-refractivity contribution in [1.29, 1.82) is 0 Å². The molecule has 0 spiro atoms. The van der Waals surface area contributed by atoms with Crippen LogP contribution in [-0.4, -0.2) is 19.3 Å². The number of halogens is 1. The molecule has 0 bridgehead atoms. The van der Waals surface area contributed by atoms with E-state index < -0.39 is 0 Å². The van der Waals surface area contributed by atoms with Crippen molar-refractivity contribution < 1.29 is 9.47 Å². The van der Waals surface area contributed by atoms with Gasteiger partial charge in [0.05, 0.1) is 12.0 Å². The SMILES string of the molecule is COC1CCCC(Oc2c(C)cccc2CCl)C1. The van der Waals surface area contributed by atoms with E-state index in [1.807, 2.05) is 12.1 Å². The molecule has 100 valence electrons. The lowest BCUT2D eigenvalue weighted by Gasteiger charge is -2.29. The summed E-state index contributed by atoms with van der Waals surface area (Å²) < 4.78 is 11.6. The first kappa shape index (κ1) is 13.7. The van der Waals surface area contributed by atoms with Crippen LogP contribution in [0.25, 0.3) is 0 Å². The van der Waals surface area contributed by atoms with Crippen molar-refractivity contribution in [2.24, 2.45) is 0 Å². The van der Waals surface area contributed by atoms with E-state index in [0.29, 0.717) is 12.0 Å². The molecule has 0 saturated heterocycles.